The van der Waals surface area contributed by atoms with Crippen molar-refractivity contribution in [3.8, 4) is 39.1 Å². The van der Waals surface area contributed by atoms with Crippen molar-refractivity contribution in [3.63, 3.8) is 0 Å². The second kappa shape index (κ2) is 13.8. The molecule has 2 heterocycles. The summed E-state index contributed by atoms with van der Waals surface area (Å²) >= 11 is 1.86. The van der Waals surface area contributed by atoms with Gasteiger partial charge in [-0.05, 0) is 106 Å². The lowest BCUT2D eigenvalue weighted by molar-refractivity contribution is 1.18. The summed E-state index contributed by atoms with van der Waals surface area (Å²) in [5, 5.41) is 5.10. The smallest absolute Gasteiger partial charge is 0.0547 e. The van der Waals surface area contributed by atoms with Gasteiger partial charge in [-0.1, -0.05) is 146 Å². The average molecular weight is 745 g/mol. The highest BCUT2D eigenvalue weighted by atomic mass is 32.1. The van der Waals surface area contributed by atoms with Gasteiger partial charge in [-0.15, -0.1) is 11.3 Å². The van der Waals surface area contributed by atoms with Gasteiger partial charge < -0.3 is 9.47 Å². The summed E-state index contributed by atoms with van der Waals surface area (Å²) in [6, 6.07) is 79.4. The minimum atomic E-state index is 1.10. The first-order valence-corrected chi connectivity index (χ1v) is 20.2. The summed E-state index contributed by atoms with van der Waals surface area (Å²) in [6.45, 7) is 0. The number of anilines is 3. The van der Waals surface area contributed by atoms with E-state index in [9.17, 15) is 0 Å². The lowest BCUT2D eigenvalue weighted by Gasteiger charge is -2.26. The Morgan fingerprint density at radius 2 is 0.930 bits per heavy atom. The van der Waals surface area contributed by atoms with E-state index in [-0.39, 0.29) is 0 Å². The van der Waals surface area contributed by atoms with Crippen LogP contribution < -0.4 is 4.90 Å². The van der Waals surface area contributed by atoms with E-state index < -0.39 is 0 Å². The highest BCUT2D eigenvalue weighted by molar-refractivity contribution is 7.25. The van der Waals surface area contributed by atoms with Crippen molar-refractivity contribution in [1.82, 2.24) is 4.57 Å². The molecule has 0 radical (unpaired) electrons. The van der Waals surface area contributed by atoms with E-state index in [0.29, 0.717) is 0 Å². The van der Waals surface area contributed by atoms with E-state index in [0.717, 1.165) is 22.7 Å². The van der Waals surface area contributed by atoms with Crippen molar-refractivity contribution in [1.29, 1.82) is 0 Å². The Hall–Kier alpha value is -7.20. The molecule has 0 aliphatic carbocycles. The number of fused-ring (bicyclic) bond motifs is 6. The second-order valence-electron chi connectivity index (χ2n) is 14.5. The molecular formula is C54H36N2S. The maximum atomic E-state index is 2.41. The van der Waals surface area contributed by atoms with Crippen LogP contribution >= 0.6 is 11.3 Å². The molecule has 2 aromatic heterocycles. The number of hydrogen-bond acceptors (Lipinski definition) is 2. The van der Waals surface area contributed by atoms with Gasteiger partial charge in [0.2, 0.25) is 0 Å². The van der Waals surface area contributed by atoms with E-state index in [2.05, 4.69) is 228 Å². The summed E-state index contributed by atoms with van der Waals surface area (Å²) in [6.07, 6.45) is 0. The Balaban J connectivity index is 1.10. The summed E-state index contributed by atoms with van der Waals surface area (Å²) in [5.41, 5.74) is 14.0. The average Bonchev–Trinajstić information content (AvgIpc) is 3.83. The van der Waals surface area contributed by atoms with Crippen LogP contribution in [0.5, 0.6) is 0 Å². The summed E-state index contributed by atoms with van der Waals surface area (Å²) < 4.78 is 5.05. The predicted molar refractivity (Wildman–Crippen MR) is 245 cm³/mol. The number of benzene rings is 9. The maximum absolute atomic E-state index is 2.41. The molecule has 0 amide bonds. The van der Waals surface area contributed by atoms with Gasteiger partial charge in [0.15, 0.2) is 0 Å². The van der Waals surface area contributed by atoms with E-state index in [1.54, 1.807) is 0 Å². The lowest BCUT2D eigenvalue weighted by Crippen LogP contribution is -2.10. The molecule has 0 fully saturated rings. The Bertz CT molecular complexity index is 3220. The van der Waals surface area contributed by atoms with Gasteiger partial charge in [0, 0.05) is 53.7 Å². The van der Waals surface area contributed by atoms with Gasteiger partial charge in [0.25, 0.3) is 0 Å². The molecule has 0 bridgehead atoms. The van der Waals surface area contributed by atoms with Crippen LogP contribution in [-0.2, 0) is 0 Å². The minimum absolute atomic E-state index is 1.10. The molecule has 9 aromatic carbocycles. The van der Waals surface area contributed by atoms with Crippen molar-refractivity contribution in [2.24, 2.45) is 0 Å². The van der Waals surface area contributed by atoms with Gasteiger partial charge in [0.05, 0.1) is 11.0 Å². The monoisotopic (exact) mass is 744 g/mol. The molecule has 0 saturated carbocycles. The molecule has 2 nitrogen and oxygen atoms in total. The van der Waals surface area contributed by atoms with Crippen molar-refractivity contribution < 1.29 is 0 Å². The third-order valence-corrected chi connectivity index (χ3v) is 12.3. The van der Waals surface area contributed by atoms with E-state index in [1.165, 1.54) is 75.4 Å². The van der Waals surface area contributed by atoms with Crippen LogP contribution in [0.2, 0.25) is 0 Å². The number of rotatable bonds is 7. The zero-order chi connectivity index (χ0) is 37.7. The van der Waals surface area contributed by atoms with E-state index >= 15 is 0 Å². The highest BCUT2D eigenvalue weighted by Crippen LogP contribution is 2.44. The third-order valence-electron chi connectivity index (χ3n) is 11.2. The molecular weight excluding hydrogens is 709 g/mol. The Morgan fingerprint density at radius 3 is 1.74 bits per heavy atom. The van der Waals surface area contributed by atoms with Gasteiger partial charge in [-0.25, -0.2) is 0 Å². The summed E-state index contributed by atoms with van der Waals surface area (Å²) in [4.78, 5) is 2.40. The first-order chi connectivity index (χ1) is 28.3. The van der Waals surface area contributed by atoms with Crippen molar-refractivity contribution in [3.05, 3.63) is 218 Å². The standard InChI is InChI=1S/C54H36N2S/c1-4-14-37(15-5-1)40-18-12-21-44(34-40)55(43-29-26-38(27-30-43)41-28-32-48-47-22-10-11-25-52(47)57-53(48)35-41)45-31-33-50-49(36-45)54-46(39-16-6-2-7-17-39)23-13-24-51(54)56(50)42-19-8-3-9-20-42/h1-36H. The molecule has 0 saturated heterocycles. The minimum Gasteiger partial charge on any atom is -0.310 e. The number of para-hydroxylation sites is 1. The maximum Gasteiger partial charge on any atom is 0.0547 e. The summed E-state index contributed by atoms with van der Waals surface area (Å²) in [5.74, 6) is 0. The number of thiophene rings is 1. The fraction of sp³-hybridized carbons (Fsp3) is 0. The van der Waals surface area contributed by atoms with Crippen LogP contribution in [0.15, 0.2) is 218 Å². The molecule has 0 atom stereocenters. The van der Waals surface area contributed by atoms with Crippen LogP contribution in [0.25, 0.3) is 81.0 Å². The van der Waals surface area contributed by atoms with Gasteiger partial charge in [0.1, 0.15) is 0 Å². The molecule has 11 aromatic rings. The Kier molecular flexibility index (Phi) is 8.04. The quantitative estimate of drug-likeness (QED) is 0.158. The largest absolute Gasteiger partial charge is 0.310 e. The normalized spacial score (nSPS) is 11.5. The Labute approximate surface area is 335 Å². The first-order valence-electron chi connectivity index (χ1n) is 19.4. The molecule has 0 spiro atoms. The fourth-order valence-corrected chi connectivity index (χ4v) is 9.67. The molecule has 0 aliphatic heterocycles. The van der Waals surface area contributed by atoms with E-state index in [4.69, 9.17) is 0 Å². The van der Waals surface area contributed by atoms with Crippen LogP contribution in [0, 0.1) is 0 Å². The predicted octanol–water partition coefficient (Wildman–Crippen LogP) is 15.6. The number of nitrogens with zero attached hydrogens (tertiary/aromatic N) is 2. The second-order valence-corrected chi connectivity index (χ2v) is 15.6. The highest BCUT2D eigenvalue weighted by Gasteiger charge is 2.20. The molecule has 0 N–H and O–H groups in total. The molecule has 0 unspecified atom stereocenters. The molecule has 0 aliphatic rings. The van der Waals surface area contributed by atoms with Crippen LogP contribution in [0.3, 0.4) is 0 Å². The summed E-state index contributed by atoms with van der Waals surface area (Å²) in [7, 11) is 0. The molecule has 11 rings (SSSR count). The lowest BCUT2D eigenvalue weighted by atomic mass is 9.99. The zero-order valence-electron chi connectivity index (χ0n) is 31.1. The fourth-order valence-electron chi connectivity index (χ4n) is 8.52. The van der Waals surface area contributed by atoms with Crippen molar-refractivity contribution >= 4 is 70.4 Å². The SMILES string of the molecule is c1ccc(-c2cccc(N(c3ccc(-c4ccc5c(c4)sc4ccccc45)cc3)c3ccc4c(c3)c3c(-c5ccccc5)cccc3n4-c3ccccc3)c2)cc1. The van der Waals surface area contributed by atoms with Crippen LogP contribution in [0.4, 0.5) is 17.1 Å². The molecule has 3 heteroatoms. The van der Waals surface area contributed by atoms with E-state index in [1.807, 2.05) is 11.3 Å². The van der Waals surface area contributed by atoms with Gasteiger partial charge >= 0.3 is 0 Å². The Morgan fingerprint density at radius 1 is 0.333 bits per heavy atom. The van der Waals surface area contributed by atoms with Crippen molar-refractivity contribution in [2.75, 3.05) is 4.90 Å². The van der Waals surface area contributed by atoms with Crippen LogP contribution in [0.1, 0.15) is 0 Å². The third kappa shape index (κ3) is 5.80. The molecule has 268 valence electrons. The number of aromatic nitrogens is 1. The topological polar surface area (TPSA) is 8.17 Å². The van der Waals surface area contributed by atoms with Crippen LogP contribution in [-0.4, -0.2) is 4.57 Å². The van der Waals surface area contributed by atoms with Gasteiger partial charge in [-0.2, -0.15) is 0 Å². The van der Waals surface area contributed by atoms with Crippen molar-refractivity contribution in [2.45, 2.75) is 0 Å². The number of hydrogen-bond donors (Lipinski definition) is 0. The first kappa shape index (κ1) is 33.2. The van der Waals surface area contributed by atoms with Gasteiger partial charge in [-0.3, -0.25) is 0 Å². The molecule has 57 heavy (non-hydrogen) atoms. The zero-order valence-corrected chi connectivity index (χ0v) is 31.9.